The third-order valence-corrected chi connectivity index (χ3v) is 3.65. The first kappa shape index (κ1) is 18.7. The van der Waals surface area contributed by atoms with Crippen LogP contribution in [0.4, 0.5) is 10.1 Å². The lowest BCUT2D eigenvalue weighted by molar-refractivity contribution is -0.148. The Balaban J connectivity index is 1.91. The molecular weight excluding hydrogens is 345 g/mol. The van der Waals surface area contributed by atoms with Gasteiger partial charge in [-0.2, -0.15) is 0 Å². The highest BCUT2D eigenvalue weighted by molar-refractivity contribution is 6.33. The Labute approximate surface area is 150 Å². The van der Waals surface area contributed by atoms with Gasteiger partial charge in [0, 0.05) is 6.08 Å². The summed E-state index contributed by atoms with van der Waals surface area (Å²) in [6.45, 7) is 3.40. The zero-order valence-corrected chi connectivity index (χ0v) is 14.5. The van der Waals surface area contributed by atoms with Crippen LogP contribution in [0.3, 0.4) is 0 Å². The molecular formula is C19H17ClFNO3. The molecule has 1 amide bonds. The third-order valence-electron chi connectivity index (χ3n) is 3.34. The van der Waals surface area contributed by atoms with Gasteiger partial charge in [-0.05, 0) is 43.7 Å². The summed E-state index contributed by atoms with van der Waals surface area (Å²) < 4.78 is 18.0. The molecule has 1 N–H and O–H groups in total. The number of hydrogen-bond donors (Lipinski definition) is 1. The van der Waals surface area contributed by atoms with E-state index in [9.17, 15) is 14.0 Å². The summed E-state index contributed by atoms with van der Waals surface area (Å²) in [4.78, 5) is 23.8. The summed E-state index contributed by atoms with van der Waals surface area (Å²) in [6, 6.07) is 11.2. The number of amides is 1. The Morgan fingerprint density at radius 2 is 1.88 bits per heavy atom. The summed E-state index contributed by atoms with van der Waals surface area (Å²) in [5.41, 5.74) is 2.20. The van der Waals surface area contributed by atoms with E-state index in [1.165, 1.54) is 25.1 Å². The van der Waals surface area contributed by atoms with E-state index in [-0.39, 0.29) is 10.7 Å². The van der Waals surface area contributed by atoms with Crippen LogP contribution < -0.4 is 5.32 Å². The number of ether oxygens (including phenoxy) is 1. The second kappa shape index (κ2) is 8.44. The number of nitrogens with one attached hydrogen (secondary N) is 1. The number of halogens is 2. The first-order valence-corrected chi connectivity index (χ1v) is 7.94. The van der Waals surface area contributed by atoms with E-state index in [2.05, 4.69) is 5.32 Å². The van der Waals surface area contributed by atoms with Gasteiger partial charge < -0.3 is 10.1 Å². The molecule has 0 saturated carbocycles. The number of hydrogen-bond acceptors (Lipinski definition) is 3. The molecule has 0 aliphatic rings. The molecule has 2 aromatic rings. The monoisotopic (exact) mass is 361 g/mol. The molecule has 0 fully saturated rings. The van der Waals surface area contributed by atoms with E-state index in [4.69, 9.17) is 16.3 Å². The standard InChI is InChI=1S/C19H17ClFNO3/c1-12-3-5-14(6-4-12)7-10-18(23)25-13(2)19(24)22-17-9-8-15(21)11-16(17)20/h3-11,13H,1-2H3,(H,22,24)/b10-7+/t13-/m0/s1. The summed E-state index contributed by atoms with van der Waals surface area (Å²) in [5, 5.41) is 2.54. The van der Waals surface area contributed by atoms with Crippen molar-refractivity contribution in [2.24, 2.45) is 0 Å². The van der Waals surface area contributed by atoms with Gasteiger partial charge in [0.15, 0.2) is 6.10 Å². The number of carbonyl (C=O) groups excluding carboxylic acids is 2. The maximum Gasteiger partial charge on any atom is 0.331 e. The van der Waals surface area contributed by atoms with E-state index in [1.54, 1.807) is 6.08 Å². The minimum atomic E-state index is -1.03. The van der Waals surface area contributed by atoms with Gasteiger partial charge in [-0.15, -0.1) is 0 Å². The molecule has 6 heteroatoms. The molecule has 4 nitrogen and oxygen atoms in total. The third kappa shape index (κ3) is 5.72. The van der Waals surface area contributed by atoms with Crippen molar-refractivity contribution >= 4 is 35.2 Å². The van der Waals surface area contributed by atoms with Gasteiger partial charge in [-0.25, -0.2) is 9.18 Å². The van der Waals surface area contributed by atoms with Gasteiger partial charge in [0.1, 0.15) is 5.82 Å². The highest BCUT2D eigenvalue weighted by atomic mass is 35.5. The van der Waals surface area contributed by atoms with Gasteiger partial charge >= 0.3 is 5.97 Å². The number of anilines is 1. The van der Waals surface area contributed by atoms with E-state index < -0.39 is 23.8 Å². The number of benzene rings is 2. The van der Waals surface area contributed by atoms with Crippen molar-refractivity contribution in [3.05, 3.63) is 70.5 Å². The van der Waals surface area contributed by atoms with Crippen LogP contribution in [0.2, 0.25) is 5.02 Å². The topological polar surface area (TPSA) is 55.4 Å². The summed E-state index contributed by atoms with van der Waals surface area (Å²) in [5.74, 6) is -1.72. The molecule has 0 aliphatic carbocycles. The quantitative estimate of drug-likeness (QED) is 0.635. The smallest absolute Gasteiger partial charge is 0.331 e. The van der Waals surface area contributed by atoms with Crippen LogP contribution in [0.25, 0.3) is 6.08 Å². The lowest BCUT2D eigenvalue weighted by Crippen LogP contribution is -2.29. The predicted octanol–water partition coefficient (Wildman–Crippen LogP) is 4.37. The molecule has 0 saturated heterocycles. The van der Waals surface area contributed by atoms with E-state index in [1.807, 2.05) is 31.2 Å². The molecule has 0 radical (unpaired) electrons. The minimum Gasteiger partial charge on any atom is -0.449 e. The second-order valence-corrected chi connectivity index (χ2v) is 5.84. The van der Waals surface area contributed by atoms with Crippen LogP contribution in [0.1, 0.15) is 18.1 Å². The lowest BCUT2D eigenvalue weighted by atomic mass is 10.1. The zero-order valence-electron chi connectivity index (χ0n) is 13.8. The Bertz CT molecular complexity index is 803. The maximum absolute atomic E-state index is 13.0. The molecule has 25 heavy (non-hydrogen) atoms. The number of carbonyl (C=O) groups is 2. The highest BCUT2D eigenvalue weighted by Gasteiger charge is 2.17. The average Bonchev–Trinajstić information content (AvgIpc) is 2.56. The number of aryl methyl sites for hydroxylation is 1. The number of esters is 1. The van der Waals surface area contributed by atoms with Crippen LogP contribution in [0.5, 0.6) is 0 Å². The number of rotatable bonds is 5. The molecule has 1 atom stereocenters. The Kier molecular flexibility index (Phi) is 6.31. The van der Waals surface area contributed by atoms with E-state index >= 15 is 0 Å². The predicted molar refractivity (Wildman–Crippen MR) is 95.8 cm³/mol. The molecule has 0 bridgehead atoms. The van der Waals surface area contributed by atoms with Crippen molar-refractivity contribution in [3.63, 3.8) is 0 Å². The zero-order chi connectivity index (χ0) is 18.4. The van der Waals surface area contributed by atoms with Crippen LogP contribution in [0.15, 0.2) is 48.5 Å². The van der Waals surface area contributed by atoms with Gasteiger partial charge in [0.2, 0.25) is 0 Å². The fourth-order valence-corrected chi connectivity index (χ4v) is 2.15. The largest absolute Gasteiger partial charge is 0.449 e. The summed E-state index contributed by atoms with van der Waals surface area (Å²) in [6.07, 6.45) is 1.82. The first-order chi connectivity index (χ1) is 11.8. The van der Waals surface area contributed by atoms with Gasteiger partial charge in [-0.3, -0.25) is 4.79 Å². The van der Waals surface area contributed by atoms with Crippen molar-refractivity contribution in [1.82, 2.24) is 0 Å². The molecule has 130 valence electrons. The average molecular weight is 362 g/mol. The second-order valence-electron chi connectivity index (χ2n) is 5.44. The highest BCUT2D eigenvalue weighted by Crippen LogP contribution is 2.22. The van der Waals surface area contributed by atoms with Crippen molar-refractivity contribution in [3.8, 4) is 0 Å². The Morgan fingerprint density at radius 3 is 2.52 bits per heavy atom. The van der Waals surface area contributed by atoms with Gasteiger partial charge in [-0.1, -0.05) is 41.4 Å². The van der Waals surface area contributed by atoms with Crippen LogP contribution in [-0.4, -0.2) is 18.0 Å². The van der Waals surface area contributed by atoms with E-state index in [0.717, 1.165) is 17.2 Å². The molecule has 2 rings (SSSR count). The summed E-state index contributed by atoms with van der Waals surface area (Å²) >= 11 is 5.84. The normalized spacial score (nSPS) is 12.0. The molecule has 2 aromatic carbocycles. The molecule has 0 aliphatic heterocycles. The summed E-state index contributed by atoms with van der Waals surface area (Å²) in [7, 11) is 0. The lowest BCUT2D eigenvalue weighted by Gasteiger charge is -2.13. The molecule has 0 heterocycles. The molecule has 0 spiro atoms. The van der Waals surface area contributed by atoms with E-state index in [0.29, 0.717) is 0 Å². The SMILES string of the molecule is Cc1ccc(/C=C/C(=O)O[C@@H](C)C(=O)Nc2ccc(F)cc2Cl)cc1. The minimum absolute atomic E-state index is 0.0612. The van der Waals surface area contributed by atoms with Crippen LogP contribution in [-0.2, 0) is 14.3 Å². The molecule has 0 aromatic heterocycles. The Morgan fingerprint density at radius 1 is 1.20 bits per heavy atom. The Hall–Kier alpha value is -2.66. The van der Waals surface area contributed by atoms with Crippen LogP contribution >= 0.6 is 11.6 Å². The molecule has 0 unspecified atom stereocenters. The van der Waals surface area contributed by atoms with Crippen LogP contribution in [0, 0.1) is 12.7 Å². The first-order valence-electron chi connectivity index (χ1n) is 7.56. The van der Waals surface area contributed by atoms with Crippen molar-refractivity contribution in [2.45, 2.75) is 20.0 Å². The van der Waals surface area contributed by atoms with Gasteiger partial charge in [0.25, 0.3) is 5.91 Å². The fraction of sp³-hybridized carbons (Fsp3) is 0.158. The van der Waals surface area contributed by atoms with Crippen molar-refractivity contribution < 1.29 is 18.7 Å². The maximum atomic E-state index is 13.0. The van der Waals surface area contributed by atoms with Crippen molar-refractivity contribution in [2.75, 3.05) is 5.32 Å². The fourth-order valence-electron chi connectivity index (χ4n) is 1.93. The van der Waals surface area contributed by atoms with Gasteiger partial charge in [0.05, 0.1) is 10.7 Å². The van der Waals surface area contributed by atoms with Crippen molar-refractivity contribution in [1.29, 1.82) is 0 Å².